The summed E-state index contributed by atoms with van der Waals surface area (Å²) < 4.78 is 112. The molecule has 0 rings (SSSR count). The molecule has 0 N–H and O–H groups in total. The van der Waals surface area contributed by atoms with Crippen molar-refractivity contribution in [1.82, 2.24) is 0 Å². The zero-order valence-corrected chi connectivity index (χ0v) is 11.9. The van der Waals surface area contributed by atoms with E-state index in [4.69, 9.17) is 0 Å². The highest BCUT2D eigenvalue weighted by Crippen LogP contribution is 2.58. The Morgan fingerprint density at radius 3 is 2.00 bits per heavy atom. The lowest BCUT2D eigenvalue weighted by Gasteiger charge is -2.31. The molecule has 0 spiro atoms. The van der Waals surface area contributed by atoms with Gasteiger partial charge in [-0.3, -0.25) is 9.05 Å². The van der Waals surface area contributed by atoms with Gasteiger partial charge < -0.3 is 0 Å². The zero-order chi connectivity index (χ0) is 16.9. The van der Waals surface area contributed by atoms with Gasteiger partial charge >= 0.3 is 25.8 Å². The molecule has 1 unspecified atom stereocenters. The van der Waals surface area contributed by atoms with Gasteiger partial charge in [0, 0.05) is 7.11 Å². The SMILES string of the molecule is CCCCOP(=O)(OC)OC(F)(F)C(F)(F)C(F)(F)CF. The number of rotatable bonds is 10. The van der Waals surface area contributed by atoms with E-state index in [2.05, 4.69) is 13.6 Å². The maximum atomic E-state index is 13.1. The lowest BCUT2D eigenvalue weighted by Crippen LogP contribution is -2.56. The number of hydrogen-bond acceptors (Lipinski definition) is 4. The Morgan fingerprint density at radius 2 is 1.62 bits per heavy atom. The van der Waals surface area contributed by atoms with Crippen LogP contribution in [0.3, 0.4) is 0 Å². The van der Waals surface area contributed by atoms with Crippen LogP contribution in [0, 0.1) is 0 Å². The summed E-state index contributed by atoms with van der Waals surface area (Å²) in [5.74, 6) is -12.0. The van der Waals surface area contributed by atoms with Crippen molar-refractivity contribution in [3.63, 3.8) is 0 Å². The van der Waals surface area contributed by atoms with E-state index in [1.165, 1.54) is 0 Å². The van der Waals surface area contributed by atoms with Crippen molar-refractivity contribution < 1.29 is 48.9 Å². The van der Waals surface area contributed by atoms with Crippen LogP contribution in [0.2, 0.25) is 0 Å². The van der Waals surface area contributed by atoms with E-state index in [9.17, 15) is 35.3 Å². The molecule has 0 heterocycles. The molecule has 0 aromatic rings. The summed E-state index contributed by atoms with van der Waals surface area (Å²) in [5, 5.41) is 0. The van der Waals surface area contributed by atoms with Crippen molar-refractivity contribution in [2.24, 2.45) is 0 Å². The van der Waals surface area contributed by atoms with Crippen molar-refractivity contribution >= 4 is 7.82 Å². The van der Waals surface area contributed by atoms with Gasteiger partial charge in [-0.15, -0.1) is 0 Å². The molecule has 12 heteroatoms. The third-order valence-electron chi connectivity index (χ3n) is 2.19. The van der Waals surface area contributed by atoms with Crippen LogP contribution in [0.1, 0.15) is 19.8 Å². The minimum Gasteiger partial charge on any atom is -0.290 e. The van der Waals surface area contributed by atoms with Crippen LogP contribution < -0.4 is 0 Å². The molecular formula is C9H14F7O4P. The molecular weight excluding hydrogens is 336 g/mol. The quantitative estimate of drug-likeness (QED) is 0.333. The summed E-state index contributed by atoms with van der Waals surface area (Å²) in [6.45, 7) is -1.87. The van der Waals surface area contributed by atoms with E-state index in [1.54, 1.807) is 6.92 Å². The van der Waals surface area contributed by atoms with E-state index in [0.717, 1.165) is 0 Å². The van der Waals surface area contributed by atoms with Gasteiger partial charge in [-0.25, -0.2) is 13.5 Å². The summed E-state index contributed by atoms with van der Waals surface area (Å²) in [7, 11) is -4.68. The number of halogens is 7. The molecule has 0 aromatic heterocycles. The number of hydrogen-bond donors (Lipinski definition) is 0. The molecule has 0 bridgehead atoms. The Balaban J connectivity index is 5.19. The smallest absolute Gasteiger partial charge is 0.290 e. The first-order chi connectivity index (χ1) is 9.39. The Bertz CT molecular complexity index is 377. The topological polar surface area (TPSA) is 44.8 Å². The molecule has 4 nitrogen and oxygen atoms in total. The Hall–Kier alpha value is -0.380. The van der Waals surface area contributed by atoms with Gasteiger partial charge in [0.2, 0.25) is 0 Å². The van der Waals surface area contributed by atoms with Gasteiger partial charge in [0.05, 0.1) is 6.61 Å². The lowest BCUT2D eigenvalue weighted by atomic mass is 10.2. The summed E-state index contributed by atoms with van der Waals surface area (Å²) >= 11 is 0. The third-order valence-corrected chi connectivity index (χ3v) is 3.59. The molecule has 0 aliphatic heterocycles. The molecule has 0 saturated heterocycles. The molecule has 0 aliphatic rings. The number of phosphoric ester groups is 1. The van der Waals surface area contributed by atoms with Gasteiger partial charge in [0.25, 0.3) is 0 Å². The number of phosphoric acid groups is 1. The van der Waals surface area contributed by atoms with Crippen LogP contribution in [0.4, 0.5) is 30.7 Å². The maximum absolute atomic E-state index is 13.1. The fourth-order valence-corrected chi connectivity index (χ4v) is 1.91. The van der Waals surface area contributed by atoms with E-state index in [1.807, 2.05) is 0 Å². The molecule has 0 saturated carbocycles. The van der Waals surface area contributed by atoms with Gasteiger partial charge in [-0.05, 0) is 6.42 Å². The fourth-order valence-electron chi connectivity index (χ4n) is 0.932. The maximum Gasteiger partial charge on any atom is 0.479 e. The molecule has 0 aromatic carbocycles. The standard InChI is InChI=1S/C9H14F7O4P/c1-3-4-5-19-21(17,18-2)20-9(15,16)8(13,14)7(11,12)6-10/h3-6H2,1-2H3. The average Bonchev–Trinajstić information content (AvgIpc) is 2.38. The van der Waals surface area contributed by atoms with Crippen LogP contribution in [-0.4, -0.2) is 38.3 Å². The molecule has 21 heavy (non-hydrogen) atoms. The lowest BCUT2D eigenvalue weighted by molar-refractivity contribution is -0.377. The first-order valence-corrected chi connectivity index (χ1v) is 7.05. The summed E-state index contributed by atoms with van der Waals surface area (Å²) in [6, 6.07) is 0. The molecule has 0 fully saturated rings. The third kappa shape index (κ3) is 4.80. The highest BCUT2D eigenvalue weighted by Gasteiger charge is 2.75. The number of alkyl halides is 7. The van der Waals surface area contributed by atoms with Gasteiger partial charge in [-0.2, -0.15) is 26.3 Å². The molecule has 0 amide bonds. The molecule has 0 radical (unpaired) electrons. The van der Waals surface area contributed by atoms with Crippen molar-refractivity contribution in [1.29, 1.82) is 0 Å². The number of unbranched alkanes of at least 4 members (excludes halogenated alkanes) is 1. The molecule has 1 atom stereocenters. The van der Waals surface area contributed by atoms with E-state index in [0.29, 0.717) is 13.5 Å². The Kier molecular flexibility index (Phi) is 7.12. The second-order valence-corrected chi connectivity index (χ2v) is 5.54. The average molecular weight is 350 g/mol. The van der Waals surface area contributed by atoms with Crippen LogP contribution >= 0.6 is 7.82 Å². The van der Waals surface area contributed by atoms with Gasteiger partial charge in [0.15, 0.2) is 6.67 Å². The van der Waals surface area contributed by atoms with Crippen LogP contribution in [0.15, 0.2) is 0 Å². The van der Waals surface area contributed by atoms with Crippen molar-refractivity contribution in [3.05, 3.63) is 0 Å². The highest BCUT2D eigenvalue weighted by molar-refractivity contribution is 7.48. The predicted molar refractivity (Wildman–Crippen MR) is 57.4 cm³/mol. The van der Waals surface area contributed by atoms with Crippen LogP contribution in [0.25, 0.3) is 0 Å². The molecule has 128 valence electrons. The second-order valence-electron chi connectivity index (χ2n) is 3.84. The Labute approximate surface area is 116 Å². The van der Waals surface area contributed by atoms with E-state index < -0.39 is 39.1 Å². The second kappa shape index (κ2) is 7.26. The summed E-state index contributed by atoms with van der Waals surface area (Å²) in [5.41, 5.74) is 0. The van der Waals surface area contributed by atoms with Crippen LogP contribution in [-0.2, 0) is 18.1 Å². The van der Waals surface area contributed by atoms with Crippen LogP contribution in [0.5, 0.6) is 0 Å². The van der Waals surface area contributed by atoms with E-state index >= 15 is 0 Å². The summed E-state index contributed by atoms with van der Waals surface area (Å²) in [6.07, 6.45) is -5.31. The van der Waals surface area contributed by atoms with Gasteiger partial charge in [0.1, 0.15) is 0 Å². The first kappa shape index (κ1) is 20.6. The first-order valence-electron chi connectivity index (χ1n) is 5.59. The minimum atomic E-state index is -6.25. The minimum absolute atomic E-state index is 0.194. The van der Waals surface area contributed by atoms with Gasteiger partial charge in [-0.1, -0.05) is 13.3 Å². The fraction of sp³-hybridized carbons (Fsp3) is 1.00. The molecule has 0 aliphatic carbocycles. The predicted octanol–water partition coefficient (Wildman–Crippen LogP) is 4.41. The zero-order valence-electron chi connectivity index (χ0n) is 11.1. The largest absolute Gasteiger partial charge is 0.479 e. The highest BCUT2D eigenvalue weighted by atomic mass is 31.2. The van der Waals surface area contributed by atoms with Crippen molar-refractivity contribution in [3.8, 4) is 0 Å². The Morgan fingerprint density at radius 1 is 1.10 bits per heavy atom. The van der Waals surface area contributed by atoms with Crippen molar-refractivity contribution in [2.45, 2.75) is 37.7 Å². The van der Waals surface area contributed by atoms with E-state index in [-0.39, 0.29) is 6.42 Å². The normalized spacial score (nSPS) is 16.8. The summed E-state index contributed by atoms with van der Waals surface area (Å²) in [4.78, 5) is 0. The van der Waals surface area contributed by atoms with Crippen molar-refractivity contribution in [2.75, 3.05) is 20.4 Å². The monoisotopic (exact) mass is 350 g/mol.